The summed E-state index contributed by atoms with van der Waals surface area (Å²) in [6.07, 6.45) is 1.99. The molecule has 1 aliphatic rings. The number of rotatable bonds is 4. The first-order valence-corrected chi connectivity index (χ1v) is 6.91. The Morgan fingerprint density at radius 3 is 2.79 bits per heavy atom. The summed E-state index contributed by atoms with van der Waals surface area (Å²) < 4.78 is 5.32. The maximum absolute atomic E-state index is 5.32. The molecule has 0 N–H and O–H groups in total. The van der Waals surface area contributed by atoms with Crippen LogP contribution in [0.25, 0.3) is 0 Å². The van der Waals surface area contributed by atoms with Gasteiger partial charge in [0.1, 0.15) is 5.75 Å². The van der Waals surface area contributed by atoms with E-state index >= 15 is 0 Å². The van der Waals surface area contributed by atoms with Gasteiger partial charge in [-0.1, -0.05) is 12.1 Å². The van der Waals surface area contributed by atoms with E-state index < -0.39 is 0 Å². The normalized spacial score (nSPS) is 24.3. The van der Waals surface area contributed by atoms with Gasteiger partial charge in [0.25, 0.3) is 0 Å². The van der Waals surface area contributed by atoms with E-state index in [0.29, 0.717) is 12.1 Å². The van der Waals surface area contributed by atoms with Crippen LogP contribution in [-0.4, -0.2) is 43.7 Å². The first-order chi connectivity index (χ1) is 9.15. The van der Waals surface area contributed by atoms with Gasteiger partial charge in [-0.3, -0.25) is 4.90 Å². The molecule has 0 spiro atoms. The highest BCUT2D eigenvalue weighted by molar-refractivity contribution is 5.52. The second-order valence-electron chi connectivity index (χ2n) is 5.29. The van der Waals surface area contributed by atoms with Crippen LogP contribution in [0.2, 0.25) is 0 Å². The van der Waals surface area contributed by atoms with E-state index in [4.69, 9.17) is 4.74 Å². The van der Waals surface area contributed by atoms with Crippen LogP contribution in [0.1, 0.15) is 13.8 Å². The third kappa shape index (κ3) is 3.10. The lowest BCUT2D eigenvalue weighted by atomic mass is 10.1. The van der Waals surface area contributed by atoms with E-state index in [1.165, 1.54) is 5.69 Å². The summed E-state index contributed by atoms with van der Waals surface area (Å²) >= 11 is 0. The van der Waals surface area contributed by atoms with Crippen LogP contribution in [0.4, 0.5) is 5.69 Å². The molecule has 19 heavy (non-hydrogen) atoms. The van der Waals surface area contributed by atoms with Crippen molar-refractivity contribution in [2.24, 2.45) is 0 Å². The van der Waals surface area contributed by atoms with Gasteiger partial charge in [0.2, 0.25) is 0 Å². The summed E-state index contributed by atoms with van der Waals surface area (Å²) in [5.74, 6) is 0.922. The average Bonchev–Trinajstić information content (AvgIpc) is 2.43. The third-order valence-electron chi connectivity index (χ3n) is 3.86. The fraction of sp³-hybridized carbons (Fsp3) is 0.500. The highest BCUT2D eigenvalue weighted by atomic mass is 16.5. The SMILES string of the molecule is C=CCN1C[C@H](C)N(c2cccc(OC)c2)C[C@H]1C. The molecular formula is C16H24N2O. The van der Waals surface area contributed by atoms with E-state index in [1.807, 2.05) is 12.1 Å². The Morgan fingerprint density at radius 2 is 2.11 bits per heavy atom. The largest absolute Gasteiger partial charge is 0.497 e. The molecule has 1 aromatic rings. The van der Waals surface area contributed by atoms with Crippen LogP contribution < -0.4 is 9.64 Å². The smallest absolute Gasteiger partial charge is 0.120 e. The lowest BCUT2D eigenvalue weighted by molar-refractivity contribution is 0.184. The topological polar surface area (TPSA) is 15.7 Å². The van der Waals surface area contributed by atoms with Gasteiger partial charge in [-0.05, 0) is 26.0 Å². The van der Waals surface area contributed by atoms with Crippen LogP contribution in [0.3, 0.4) is 0 Å². The van der Waals surface area contributed by atoms with Crippen molar-refractivity contribution in [3.05, 3.63) is 36.9 Å². The minimum absolute atomic E-state index is 0.503. The Hall–Kier alpha value is -1.48. The number of benzene rings is 1. The molecular weight excluding hydrogens is 236 g/mol. The molecule has 2 rings (SSSR count). The van der Waals surface area contributed by atoms with Crippen molar-refractivity contribution >= 4 is 5.69 Å². The predicted molar refractivity (Wildman–Crippen MR) is 81.0 cm³/mol. The van der Waals surface area contributed by atoms with Crippen molar-refractivity contribution in [2.45, 2.75) is 25.9 Å². The molecule has 1 saturated heterocycles. The molecule has 1 heterocycles. The highest BCUT2D eigenvalue weighted by Gasteiger charge is 2.28. The molecule has 0 radical (unpaired) electrons. The van der Waals surface area contributed by atoms with Crippen LogP contribution in [0, 0.1) is 0 Å². The van der Waals surface area contributed by atoms with Gasteiger partial charge < -0.3 is 9.64 Å². The summed E-state index contributed by atoms with van der Waals surface area (Å²) in [5, 5.41) is 0. The Labute approximate surface area is 116 Å². The fourth-order valence-electron chi connectivity index (χ4n) is 2.77. The zero-order valence-corrected chi connectivity index (χ0v) is 12.2. The van der Waals surface area contributed by atoms with Gasteiger partial charge in [-0.2, -0.15) is 0 Å². The van der Waals surface area contributed by atoms with Gasteiger partial charge in [-0.25, -0.2) is 0 Å². The van der Waals surface area contributed by atoms with Gasteiger partial charge in [0.15, 0.2) is 0 Å². The number of hydrogen-bond donors (Lipinski definition) is 0. The summed E-state index contributed by atoms with van der Waals surface area (Å²) in [4.78, 5) is 4.95. The van der Waals surface area contributed by atoms with Crippen molar-refractivity contribution in [3.8, 4) is 5.75 Å². The first kappa shape index (κ1) is 13.9. The molecule has 1 fully saturated rings. The predicted octanol–water partition coefficient (Wildman–Crippen LogP) is 2.78. The van der Waals surface area contributed by atoms with Gasteiger partial charge in [0.05, 0.1) is 7.11 Å². The number of methoxy groups -OCH3 is 1. The monoisotopic (exact) mass is 260 g/mol. The number of piperazine rings is 1. The maximum atomic E-state index is 5.32. The standard InChI is InChI=1S/C16H24N2O/c1-5-9-17-11-14(3)18(12-13(17)2)15-7-6-8-16(10-15)19-4/h5-8,10,13-14H,1,9,11-12H2,2-4H3/t13-,14+/m1/s1. The molecule has 1 aliphatic heterocycles. The van der Waals surface area contributed by atoms with Crippen LogP contribution in [-0.2, 0) is 0 Å². The molecule has 0 saturated carbocycles. The Balaban J connectivity index is 2.14. The molecule has 0 unspecified atom stereocenters. The van der Waals surface area contributed by atoms with E-state index in [9.17, 15) is 0 Å². The third-order valence-corrected chi connectivity index (χ3v) is 3.86. The summed E-state index contributed by atoms with van der Waals surface area (Å²) in [6, 6.07) is 9.37. The Kier molecular flexibility index (Phi) is 4.48. The number of nitrogens with zero attached hydrogens (tertiary/aromatic N) is 2. The minimum Gasteiger partial charge on any atom is -0.497 e. The van der Waals surface area contributed by atoms with Gasteiger partial charge >= 0.3 is 0 Å². The quantitative estimate of drug-likeness (QED) is 0.774. The van der Waals surface area contributed by atoms with Gasteiger partial charge in [-0.15, -0.1) is 6.58 Å². The Bertz CT molecular complexity index is 433. The van der Waals surface area contributed by atoms with E-state index in [0.717, 1.165) is 25.4 Å². The zero-order chi connectivity index (χ0) is 13.8. The molecule has 104 valence electrons. The minimum atomic E-state index is 0.503. The summed E-state index contributed by atoms with van der Waals surface area (Å²) in [6.45, 7) is 11.5. The van der Waals surface area contributed by atoms with Crippen LogP contribution >= 0.6 is 0 Å². The fourth-order valence-corrected chi connectivity index (χ4v) is 2.77. The van der Waals surface area contributed by atoms with Gasteiger partial charge in [0, 0.05) is 43.5 Å². The Morgan fingerprint density at radius 1 is 1.32 bits per heavy atom. The maximum Gasteiger partial charge on any atom is 0.120 e. The molecule has 2 atom stereocenters. The van der Waals surface area contributed by atoms with Crippen LogP contribution in [0.15, 0.2) is 36.9 Å². The second-order valence-corrected chi connectivity index (χ2v) is 5.29. The van der Waals surface area contributed by atoms with E-state index in [2.05, 4.69) is 48.4 Å². The molecule has 0 bridgehead atoms. The number of ether oxygens (including phenoxy) is 1. The molecule has 3 heteroatoms. The van der Waals surface area contributed by atoms with E-state index in [1.54, 1.807) is 7.11 Å². The van der Waals surface area contributed by atoms with Crippen molar-refractivity contribution < 1.29 is 4.74 Å². The highest BCUT2D eigenvalue weighted by Crippen LogP contribution is 2.26. The van der Waals surface area contributed by atoms with Crippen LogP contribution in [0.5, 0.6) is 5.75 Å². The molecule has 3 nitrogen and oxygen atoms in total. The molecule has 0 aromatic heterocycles. The lowest BCUT2D eigenvalue weighted by Crippen LogP contribution is -2.56. The summed E-state index contributed by atoms with van der Waals surface area (Å²) in [5.41, 5.74) is 1.25. The average molecular weight is 260 g/mol. The van der Waals surface area contributed by atoms with E-state index in [-0.39, 0.29) is 0 Å². The molecule has 1 aromatic carbocycles. The summed E-state index contributed by atoms with van der Waals surface area (Å²) in [7, 11) is 1.72. The lowest BCUT2D eigenvalue weighted by Gasteiger charge is -2.45. The first-order valence-electron chi connectivity index (χ1n) is 6.91. The second kappa shape index (κ2) is 6.11. The van der Waals surface area contributed by atoms with Crippen molar-refractivity contribution in [1.82, 2.24) is 4.90 Å². The zero-order valence-electron chi connectivity index (χ0n) is 12.2. The van der Waals surface area contributed by atoms with Crippen molar-refractivity contribution in [3.63, 3.8) is 0 Å². The number of anilines is 1. The molecule has 0 amide bonds. The number of hydrogen-bond acceptors (Lipinski definition) is 3. The van der Waals surface area contributed by atoms with Crippen molar-refractivity contribution in [2.75, 3.05) is 31.6 Å². The van der Waals surface area contributed by atoms with Crippen molar-refractivity contribution in [1.29, 1.82) is 0 Å². The molecule has 0 aliphatic carbocycles.